The van der Waals surface area contributed by atoms with Gasteiger partial charge in [0, 0.05) is 11.3 Å². The number of anilines is 1. The van der Waals surface area contributed by atoms with Gasteiger partial charge in [-0.15, -0.1) is 10.2 Å². The number of carbonyl (C=O) groups is 2. The topological polar surface area (TPSA) is 92.6 Å². The van der Waals surface area contributed by atoms with Crippen LogP contribution < -0.4 is 9.64 Å². The van der Waals surface area contributed by atoms with Gasteiger partial charge in [-0.2, -0.15) is 0 Å². The van der Waals surface area contributed by atoms with Crippen molar-refractivity contribution >= 4 is 56.5 Å². The Bertz CT molecular complexity index is 1930. The summed E-state index contributed by atoms with van der Waals surface area (Å²) in [5.41, 5.74) is 2.05. The SMILES string of the molecule is CCCCCOc1ccc(C2/C(=C(/O)c3ccc(C)c(F)c3)C(=O)C(=O)N2c2nnc(SCc3cccc4ccccc34)s2)cc1. The molecular formula is C36H32FN3O4S2. The fraction of sp³-hybridized carbons (Fsp3) is 0.222. The highest BCUT2D eigenvalue weighted by Gasteiger charge is 2.48. The molecule has 0 bridgehead atoms. The van der Waals surface area contributed by atoms with Crippen LogP contribution >= 0.6 is 23.1 Å². The first kappa shape index (κ1) is 31.4. The molecule has 1 fully saturated rings. The Balaban J connectivity index is 1.34. The van der Waals surface area contributed by atoms with Gasteiger partial charge in [-0.05, 0) is 59.0 Å². The van der Waals surface area contributed by atoms with Gasteiger partial charge < -0.3 is 9.84 Å². The molecule has 2 heterocycles. The Morgan fingerprint density at radius 3 is 2.57 bits per heavy atom. The van der Waals surface area contributed by atoms with Crippen LogP contribution in [0.3, 0.4) is 0 Å². The van der Waals surface area contributed by atoms with Crippen molar-refractivity contribution in [3.8, 4) is 5.75 Å². The van der Waals surface area contributed by atoms with Crippen LogP contribution in [0.15, 0.2) is 94.8 Å². The number of ether oxygens (including phenoxy) is 1. The van der Waals surface area contributed by atoms with Crippen LogP contribution in [0.1, 0.15) is 54.5 Å². The Morgan fingerprint density at radius 1 is 1.00 bits per heavy atom. The fourth-order valence-electron chi connectivity index (χ4n) is 5.45. The normalized spacial score (nSPS) is 16.0. The fourth-order valence-corrected chi connectivity index (χ4v) is 7.32. The number of hydrogen-bond acceptors (Lipinski definition) is 8. The van der Waals surface area contributed by atoms with E-state index in [1.165, 1.54) is 40.1 Å². The third-order valence-corrected chi connectivity index (χ3v) is 10.0. The molecule has 1 aliphatic heterocycles. The van der Waals surface area contributed by atoms with E-state index in [0.29, 0.717) is 33.6 Å². The Kier molecular flexibility index (Phi) is 9.46. The van der Waals surface area contributed by atoms with E-state index >= 15 is 0 Å². The van der Waals surface area contributed by atoms with Gasteiger partial charge in [0.1, 0.15) is 17.3 Å². The molecule has 7 nitrogen and oxygen atoms in total. The van der Waals surface area contributed by atoms with Crippen molar-refractivity contribution in [1.82, 2.24) is 10.2 Å². The average molecular weight is 654 g/mol. The van der Waals surface area contributed by atoms with Gasteiger partial charge in [0.25, 0.3) is 5.78 Å². The maximum absolute atomic E-state index is 14.5. The maximum atomic E-state index is 14.5. The first-order valence-corrected chi connectivity index (χ1v) is 16.9. The number of unbranched alkanes of at least 4 members (excludes halogenated alkanes) is 2. The van der Waals surface area contributed by atoms with E-state index in [9.17, 15) is 19.1 Å². The Morgan fingerprint density at radius 2 is 1.78 bits per heavy atom. The quantitative estimate of drug-likeness (QED) is 0.0381. The molecule has 1 aromatic heterocycles. The average Bonchev–Trinajstić information content (AvgIpc) is 3.64. The predicted molar refractivity (Wildman–Crippen MR) is 181 cm³/mol. The number of aromatic nitrogens is 2. The van der Waals surface area contributed by atoms with E-state index in [0.717, 1.165) is 41.7 Å². The standard InChI is InChI=1S/C36H32FN3O4S2/c1-3-4-7-19-44-27-17-15-24(16-18-27)31-30(32(41)25-14-13-22(2)29(37)20-25)33(42)34(43)40(31)35-38-39-36(46-35)45-21-26-11-8-10-23-9-5-6-12-28(23)26/h5-6,8-18,20,31,41H,3-4,7,19,21H2,1-2H3/b32-30-. The number of carbonyl (C=O) groups excluding carboxylic acids is 2. The third kappa shape index (κ3) is 6.41. The summed E-state index contributed by atoms with van der Waals surface area (Å²) >= 11 is 2.69. The van der Waals surface area contributed by atoms with Crippen molar-refractivity contribution in [2.45, 2.75) is 49.2 Å². The summed E-state index contributed by atoms with van der Waals surface area (Å²) in [6.45, 7) is 4.31. The number of rotatable bonds is 11. The lowest BCUT2D eigenvalue weighted by Gasteiger charge is -2.22. The highest BCUT2D eigenvalue weighted by Crippen LogP contribution is 2.44. The summed E-state index contributed by atoms with van der Waals surface area (Å²) < 4.78 is 21.0. The van der Waals surface area contributed by atoms with Gasteiger partial charge in [-0.1, -0.05) is 110 Å². The first-order chi connectivity index (χ1) is 22.4. The van der Waals surface area contributed by atoms with Crippen molar-refractivity contribution < 1.29 is 23.8 Å². The first-order valence-electron chi connectivity index (χ1n) is 15.1. The lowest BCUT2D eigenvalue weighted by Crippen LogP contribution is -2.29. The number of aliphatic hydroxyl groups is 1. The van der Waals surface area contributed by atoms with E-state index in [1.807, 2.05) is 18.2 Å². The van der Waals surface area contributed by atoms with Gasteiger partial charge in [0.05, 0.1) is 18.2 Å². The molecule has 234 valence electrons. The van der Waals surface area contributed by atoms with E-state index in [2.05, 4.69) is 41.4 Å². The lowest BCUT2D eigenvalue weighted by atomic mass is 9.95. The van der Waals surface area contributed by atoms with E-state index < -0.39 is 29.3 Å². The van der Waals surface area contributed by atoms with Gasteiger partial charge in [0.15, 0.2) is 4.34 Å². The van der Waals surface area contributed by atoms with Crippen LogP contribution in [0.2, 0.25) is 0 Å². The Hall–Kier alpha value is -4.54. The van der Waals surface area contributed by atoms with Crippen LogP contribution in [0, 0.1) is 12.7 Å². The summed E-state index contributed by atoms with van der Waals surface area (Å²) in [6, 6.07) is 24.6. The summed E-state index contributed by atoms with van der Waals surface area (Å²) in [5, 5.41) is 22.6. The van der Waals surface area contributed by atoms with E-state index in [-0.39, 0.29) is 16.3 Å². The number of aryl methyl sites for hydroxylation is 1. The number of amides is 1. The number of benzene rings is 4. The second-order valence-electron chi connectivity index (χ2n) is 11.0. The second-order valence-corrected chi connectivity index (χ2v) is 13.2. The molecule has 5 aromatic rings. The molecule has 1 N–H and O–H groups in total. The zero-order valence-electron chi connectivity index (χ0n) is 25.4. The molecule has 1 amide bonds. The number of ketones is 1. The van der Waals surface area contributed by atoms with Crippen molar-refractivity contribution in [1.29, 1.82) is 0 Å². The van der Waals surface area contributed by atoms with Gasteiger partial charge in [0.2, 0.25) is 5.13 Å². The van der Waals surface area contributed by atoms with Crippen LogP contribution in [-0.4, -0.2) is 33.6 Å². The number of thioether (sulfide) groups is 1. The maximum Gasteiger partial charge on any atom is 0.301 e. The molecule has 0 saturated carbocycles. The highest BCUT2D eigenvalue weighted by molar-refractivity contribution is 8.00. The van der Waals surface area contributed by atoms with Crippen molar-refractivity contribution in [2.75, 3.05) is 11.5 Å². The predicted octanol–water partition coefficient (Wildman–Crippen LogP) is 8.63. The zero-order valence-corrected chi connectivity index (χ0v) is 27.0. The van der Waals surface area contributed by atoms with Crippen molar-refractivity contribution in [2.24, 2.45) is 0 Å². The van der Waals surface area contributed by atoms with Crippen molar-refractivity contribution in [3.63, 3.8) is 0 Å². The molecule has 4 aromatic carbocycles. The number of aliphatic hydroxyl groups excluding tert-OH is 1. The molecule has 1 unspecified atom stereocenters. The molecular weight excluding hydrogens is 622 g/mol. The molecule has 10 heteroatoms. The number of Topliss-reactive ketones (excluding diaryl/α,β-unsaturated/α-hetero) is 1. The molecule has 46 heavy (non-hydrogen) atoms. The minimum absolute atomic E-state index is 0.102. The molecule has 0 aliphatic carbocycles. The molecule has 0 spiro atoms. The molecule has 0 radical (unpaired) electrons. The molecule has 1 atom stereocenters. The lowest BCUT2D eigenvalue weighted by molar-refractivity contribution is -0.132. The largest absolute Gasteiger partial charge is 0.507 e. The summed E-state index contributed by atoms with van der Waals surface area (Å²) in [7, 11) is 0. The minimum Gasteiger partial charge on any atom is -0.507 e. The van der Waals surface area contributed by atoms with E-state index in [1.54, 1.807) is 31.2 Å². The number of halogens is 1. The molecule has 1 saturated heterocycles. The number of hydrogen-bond donors (Lipinski definition) is 1. The monoisotopic (exact) mass is 653 g/mol. The minimum atomic E-state index is -1.01. The van der Waals surface area contributed by atoms with Crippen LogP contribution in [-0.2, 0) is 15.3 Å². The number of fused-ring (bicyclic) bond motifs is 1. The molecule has 1 aliphatic rings. The zero-order chi connectivity index (χ0) is 32.2. The Labute approximate surface area is 274 Å². The third-order valence-electron chi connectivity index (χ3n) is 7.94. The van der Waals surface area contributed by atoms with Gasteiger partial charge in [-0.3, -0.25) is 14.5 Å². The summed E-state index contributed by atoms with van der Waals surface area (Å²) in [6.07, 6.45) is 3.08. The summed E-state index contributed by atoms with van der Waals surface area (Å²) in [5.74, 6) is -1.43. The van der Waals surface area contributed by atoms with Crippen molar-refractivity contribution in [3.05, 3.63) is 119 Å². The van der Waals surface area contributed by atoms with Crippen LogP contribution in [0.25, 0.3) is 16.5 Å². The van der Waals surface area contributed by atoms with Gasteiger partial charge >= 0.3 is 5.91 Å². The van der Waals surface area contributed by atoms with Crippen LogP contribution in [0.4, 0.5) is 9.52 Å². The highest BCUT2D eigenvalue weighted by atomic mass is 32.2. The van der Waals surface area contributed by atoms with Gasteiger partial charge in [-0.25, -0.2) is 4.39 Å². The molecule has 6 rings (SSSR count). The summed E-state index contributed by atoms with van der Waals surface area (Å²) in [4.78, 5) is 28.5. The number of nitrogens with zero attached hydrogens (tertiary/aromatic N) is 3. The van der Waals surface area contributed by atoms with E-state index in [4.69, 9.17) is 4.74 Å². The smallest absolute Gasteiger partial charge is 0.301 e. The van der Waals surface area contributed by atoms with Crippen LogP contribution in [0.5, 0.6) is 5.75 Å². The second kappa shape index (κ2) is 13.8.